The summed E-state index contributed by atoms with van der Waals surface area (Å²) in [6, 6.07) is 10.5. The molecule has 0 aliphatic carbocycles. The molecule has 2 heterocycles. The van der Waals surface area contributed by atoms with Crippen molar-refractivity contribution in [3.8, 4) is 0 Å². The standard InChI is InChI=1S/C18H15N3O5S2/c1-24-15(22)12-14(27)21-13(11-7-4-3-5-8-11)26-18(12,16(23)25-2)28-17-19-9-6-10-20-17/h3-10,12H,1-2H3/t12-,18-/m1/s1. The van der Waals surface area contributed by atoms with Crippen LogP contribution in [0.4, 0.5) is 0 Å². The number of thioether (sulfide) groups is 1. The van der Waals surface area contributed by atoms with Crippen LogP contribution in [-0.2, 0) is 23.8 Å². The summed E-state index contributed by atoms with van der Waals surface area (Å²) >= 11 is 6.16. The highest BCUT2D eigenvalue weighted by atomic mass is 32.2. The van der Waals surface area contributed by atoms with Crippen LogP contribution in [0.25, 0.3) is 0 Å². The molecule has 0 amide bonds. The lowest BCUT2D eigenvalue weighted by Gasteiger charge is -2.37. The molecule has 10 heteroatoms. The van der Waals surface area contributed by atoms with E-state index < -0.39 is 22.8 Å². The fraction of sp³-hybridized carbons (Fsp3) is 0.222. The van der Waals surface area contributed by atoms with Crippen molar-refractivity contribution in [2.45, 2.75) is 10.1 Å². The first-order valence-electron chi connectivity index (χ1n) is 8.01. The van der Waals surface area contributed by atoms with Gasteiger partial charge in [0.25, 0.3) is 4.93 Å². The molecule has 0 N–H and O–H groups in total. The molecule has 0 saturated carbocycles. The zero-order chi connectivity index (χ0) is 20.1. The molecular weight excluding hydrogens is 402 g/mol. The smallest absolute Gasteiger partial charge is 0.363 e. The van der Waals surface area contributed by atoms with Crippen LogP contribution in [-0.4, -0.2) is 51.9 Å². The Bertz CT molecular complexity index is 923. The number of nitrogens with zero attached hydrogens (tertiary/aromatic N) is 3. The summed E-state index contributed by atoms with van der Waals surface area (Å²) in [5.74, 6) is -2.87. The van der Waals surface area contributed by atoms with E-state index in [0.29, 0.717) is 5.56 Å². The van der Waals surface area contributed by atoms with Gasteiger partial charge in [-0.15, -0.1) is 0 Å². The highest BCUT2D eigenvalue weighted by Gasteiger charge is 2.60. The fourth-order valence-electron chi connectivity index (χ4n) is 2.53. The average Bonchev–Trinajstić information content (AvgIpc) is 2.73. The normalized spacial score (nSPS) is 21.3. The van der Waals surface area contributed by atoms with Gasteiger partial charge in [0, 0.05) is 18.0 Å². The van der Waals surface area contributed by atoms with E-state index in [4.69, 9.17) is 26.4 Å². The zero-order valence-corrected chi connectivity index (χ0v) is 16.5. The topological polar surface area (TPSA) is 100.0 Å². The van der Waals surface area contributed by atoms with Crippen molar-refractivity contribution in [1.29, 1.82) is 0 Å². The molecular formula is C18H15N3O5S2. The second-order valence-corrected chi connectivity index (χ2v) is 7.07. The fourth-order valence-corrected chi connectivity index (χ4v) is 4.06. The van der Waals surface area contributed by atoms with Crippen molar-refractivity contribution in [2.75, 3.05) is 14.2 Å². The lowest BCUT2D eigenvalue weighted by atomic mass is 9.99. The number of carbonyl (C=O) groups is 2. The van der Waals surface area contributed by atoms with Crippen molar-refractivity contribution in [3.63, 3.8) is 0 Å². The lowest BCUT2D eigenvalue weighted by Crippen LogP contribution is -2.56. The molecule has 0 spiro atoms. The Labute approximate surface area is 170 Å². The van der Waals surface area contributed by atoms with Gasteiger partial charge in [-0.1, -0.05) is 30.4 Å². The number of thiocarbonyl (C=S) groups is 1. The van der Waals surface area contributed by atoms with E-state index in [9.17, 15) is 9.59 Å². The van der Waals surface area contributed by atoms with Gasteiger partial charge in [0.2, 0.25) is 5.90 Å². The van der Waals surface area contributed by atoms with Crippen molar-refractivity contribution < 1.29 is 23.8 Å². The molecule has 0 fully saturated rings. The molecule has 1 aromatic heterocycles. The number of benzene rings is 1. The summed E-state index contributed by atoms with van der Waals surface area (Å²) in [6.07, 6.45) is 3.00. The van der Waals surface area contributed by atoms with Gasteiger partial charge in [-0.3, -0.25) is 4.79 Å². The maximum atomic E-state index is 12.9. The van der Waals surface area contributed by atoms with Gasteiger partial charge in [0.15, 0.2) is 11.1 Å². The molecule has 3 rings (SSSR count). The Hall–Kier alpha value is -2.85. The van der Waals surface area contributed by atoms with Crippen LogP contribution < -0.4 is 0 Å². The summed E-state index contributed by atoms with van der Waals surface area (Å²) in [5.41, 5.74) is 0.580. The summed E-state index contributed by atoms with van der Waals surface area (Å²) in [7, 11) is 2.37. The second kappa shape index (κ2) is 8.44. The van der Waals surface area contributed by atoms with Crippen molar-refractivity contribution in [2.24, 2.45) is 10.9 Å². The minimum Gasteiger partial charge on any atom is -0.468 e. The van der Waals surface area contributed by atoms with Crippen LogP contribution in [0.15, 0.2) is 58.9 Å². The number of hydrogen-bond acceptors (Lipinski definition) is 9. The minimum absolute atomic E-state index is 0.0641. The van der Waals surface area contributed by atoms with Gasteiger partial charge in [-0.05, 0) is 30.0 Å². The number of methoxy groups -OCH3 is 2. The number of ether oxygens (including phenoxy) is 3. The Morgan fingerprint density at radius 1 is 1.11 bits per heavy atom. The molecule has 1 aliphatic rings. The van der Waals surface area contributed by atoms with Crippen LogP contribution in [0.3, 0.4) is 0 Å². The van der Waals surface area contributed by atoms with Crippen molar-refractivity contribution >= 4 is 46.8 Å². The predicted molar refractivity (Wildman–Crippen MR) is 105 cm³/mol. The molecule has 0 saturated heterocycles. The first kappa shape index (κ1) is 19.9. The number of aromatic nitrogens is 2. The lowest BCUT2D eigenvalue weighted by molar-refractivity contribution is -0.162. The zero-order valence-electron chi connectivity index (χ0n) is 14.9. The van der Waals surface area contributed by atoms with E-state index in [2.05, 4.69) is 15.0 Å². The van der Waals surface area contributed by atoms with Crippen molar-refractivity contribution in [3.05, 3.63) is 54.4 Å². The Morgan fingerprint density at radius 2 is 1.79 bits per heavy atom. The van der Waals surface area contributed by atoms with Gasteiger partial charge in [-0.2, -0.15) is 0 Å². The monoisotopic (exact) mass is 417 g/mol. The van der Waals surface area contributed by atoms with Gasteiger partial charge in [-0.25, -0.2) is 19.8 Å². The van der Waals surface area contributed by atoms with E-state index in [1.165, 1.54) is 26.6 Å². The summed E-state index contributed by atoms with van der Waals surface area (Å²) in [4.78, 5) is 35.9. The predicted octanol–water partition coefficient (Wildman–Crippen LogP) is 2.03. The molecule has 0 unspecified atom stereocenters. The maximum absolute atomic E-state index is 12.9. The maximum Gasteiger partial charge on any atom is 0.363 e. The number of rotatable bonds is 5. The van der Waals surface area contributed by atoms with Gasteiger partial charge in [0.05, 0.1) is 14.2 Å². The summed E-state index contributed by atoms with van der Waals surface area (Å²) in [6.45, 7) is 0. The highest BCUT2D eigenvalue weighted by Crippen LogP contribution is 2.44. The second-order valence-electron chi connectivity index (χ2n) is 5.47. The summed E-state index contributed by atoms with van der Waals surface area (Å²) < 4.78 is 15.8. The third kappa shape index (κ3) is 3.73. The van der Waals surface area contributed by atoms with Gasteiger partial charge in [0.1, 0.15) is 4.99 Å². The quantitative estimate of drug-likeness (QED) is 0.411. The van der Waals surface area contributed by atoms with Crippen LogP contribution in [0, 0.1) is 5.92 Å². The SMILES string of the molecule is COC(=O)[C@H]1C(=S)N=C(c2ccccc2)O[C@]1(Sc1ncccn1)C(=O)OC. The summed E-state index contributed by atoms with van der Waals surface area (Å²) in [5, 5.41) is 0.193. The third-order valence-electron chi connectivity index (χ3n) is 3.80. The Morgan fingerprint density at radius 3 is 2.39 bits per heavy atom. The first-order valence-corrected chi connectivity index (χ1v) is 9.23. The molecule has 144 valence electrons. The number of esters is 2. The van der Waals surface area contributed by atoms with Crippen LogP contribution in [0.2, 0.25) is 0 Å². The first-order chi connectivity index (χ1) is 13.5. The molecule has 0 radical (unpaired) electrons. The van der Waals surface area contributed by atoms with Gasteiger partial charge >= 0.3 is 11.9 Å². The van der Waals surface area contributed by atoms with Crippen LogP contribution in [0.1, 0.15) is 5.56 Å². The highest BCUT2D eigenvalue weighted by molar-refractivity contribution is 8.01. The van der Waals surface area contributed by atoms with Gasteiger partial charge < -0.3 is 14.2 Å². The molecule has 2 aromatic rings. The van der Waals surface area contributed by atoms with E-state index in [0.717, 1.165) is 11.8 Å². The van der Waals surface area contributed by atoms with E-state index in [1.807, 2.05) is 6.07 Å². The van der Waals surface area contributed by atoms with E-state index in [-0.39, 0.29) is 16.0 Å². The Kier molecular flexibility index (Phi) is 6.00. The molecule has 1 aromatic carbocycles. The average molecular weight is 417 g/mol. The Balaban J connectivity index is 2.16. The molecule has 8 nitrogen and oxygen atoms in total. The minimum atomic E-state index is -1.94. The molecule has 28 heavy (non-hydrogen) atoms. The van der Waals surface area contributed by atoms with Crippen LogP contribution >= 0.6 is 24.0 Å². The van der Waals surface area contributed by atoms with Crippen molar-refractivity contribution in [1.82, 2.24) is 9.97 Å². The van der Waals surface area contributed by atoms with E-state index >= 15 is 0 Å². The molecule has 1 aliphatic heterocycles. The number of hydrogen-bond donors (Lipinski definition) is 0. The largest absolute Gasteiger partial charge is 0.468 e. The number of aliphatic imine (C=N–C) groups is 1. The number of carbonyl (C=O) groups excluding carboxylic acids is 2. The third-order valence-corrected chi connectivity index (χ3v) is 5.31. The van der Waals surface area contributed by atoms with Crippen LogP contribution in [0.5, 0.6) is 0 Å². The molecule has 2 atom stereocenters. The molecule has 0 bridgehead atoms. The van der Waals surface area contributed by atoms with E-state index in [1.54, 1.807) is 30.3 Å².